The smallest absolute Gasteiger partial charge is 0.319 e. The fourth-order valence-corrected chi connectivity index (χ4v) is 1.66. The lowest BCUT2D eigenvalue weighted by Gasteiger charge is -2.09. The van der Waals surface area contributed by atoms with Crippen LogP contribution in [0.5, 0.6) is 0 Å². The van der Waals surface area contributed by atoms with Crippen molar-refractivity contribution in [1.82, 2.24) is 5.32 Å². The Morgan fingerprint density at radius 3 is 2.45 bits per heavy atom. The highest BCUT2D eigenvalue weighted by Gasteiger charge is 2.08. The minimum Gasteiger partial charge on any atom is -0.329 e. The molecule has 0 atom stereocenters. The molecule has 0 saturated heterocycles. The average molecular weight is 305 g/mol. The van der Waals surface area contributed by atoms with Crippen molar-refractivity contribution in [3.05, 3.63) is 60.2 Å². The zero-order valence-corrected chi connectivity index (χ0v) is 11.4. The summed E-state index contributed by atoms with van der Waals surface area (Å²) in [5.41, 5.74) is 0.284. The molecule has 3 N–H and O–H groups in total. The van der Waals surface area contributed by atoms with E-state index in [4.69, 9.17) is 0 Å². The van der Waals surface area contributed by atoms with Gasteiger partial charge in [0.05, 0.1) is 12.2 Å². The molecule has 0 heterocycles. The summed E-state index contributed by atoms with van der Waals surface area (Å²) in [4.78, 5) is 23.1. The number of anilines is 2. The lowest BCUT2D eigenvalue weighted by atomic mass is 10.3. The van der Waals surface area contributed by atoms with Gasteiger partial charge < -0.3 is 16.0 Å². The van der Waals surface area contributed by atoms with Crippen molar-refractivity contribution in [2.75, 3.05) is 17.2 Å². The summed E-state index contributed by atoms with van der Waals surface area (Å²) in [5, 5.41) is 6.97. The van der Waals surface area contributed by atoms with E-state index in [1.807, 2.05) is 0 Å². The number of nitrogens with one attached hydrogen (secondary N) is 3. The number of rotatable bonds is 4. The summed E-state index contributed by atoms with van der Waals surface area (Å²) in [6, 6.07) is 10.3. The zero-order chi connectivity index (χ0) is 15.9. The summed E-state index contributed by atoms with van der Waals surface area (Å²) in [7, 11) is 0. The van der Waals surface area contributed by atoms with Gasteiger partial charge in [-0.05, 0) is 30.3 Å². The summed E-state index contributed by atoms with van der Waals surface area (Å²) in [6.07, 6.45) is 0. The van der Waals surface area contributed by atoms with Crippen LogP contribution in [0.1, 0.15) is 0 Å². The molecule has 2 aromatic rings. The van der Waals surface area contributed by atoms with E-state index in [1.165, 1.54) is 36.4 Å². The van der Waals surface area contributed by atoms with E-state index in [0.29, 0.717) is 0 Å². The van der Waals surface area contributed by atoms with Crippen LogP contribution in [0.15, 0.2) is 48.5 Å². The van der Waals surface area contributed by atoms with E-state index < -0.39 is 23.6 Å². The maximum Gasteiger partial charge on any atom is 0.319 e. The van der Waals surface area contributed by atoms with E-state index in [0.717, 1.165) is 6.07 Å². The van der Waals surface area contributed by atoms with Crippen molar-refractivity contribution in [1.29, 1.82) is 0 Å². The maximum absolute atomic E-state index is 13.3. The summed E-state index contributed by atoms with van der Waals surface area (Å²) in [6.45, 7) is -0.352. The van der Waals surface area contributed by atoms with Crippen LogP contribution < -0.4 is 16.0 Å². The van der Waals surface area contributed by atoms with Gasteiger partial charge in [0.1, 0.15) is 11.6 Å². The molecule has 0 bridgehead atoms. The van der Waals surface area contributed by atoms with Crippen molar-refractivity contribution in [2.24, 2.45) is 0 Å². The van der Waals surface area contributed by atoms with E-state index in [1.54, 1.807) is 6.07 Å². The van der Waals surface area contributed by atoms with Gasteiger partial charge in [-0.1, -0.05) is 18.2 Å². The SMILES string of the molecule is O=C(CNC(=O)Nc1cccc(F)c1)Nc1ccccc1F. The fraction of sp³-hybridized carbons (Fsp3) is 0.0667. The van der Waals surface area contributed by atoms with Crippen molar-refractivity contribution in [3.63, 3.8) is 0 Å². The van der Waals surface area contributed by atoms with Crippen molar-refractivity contribution >= 4 is 23.3 Å². The molecular formula is C15H13F2N3O2. The van der Waals surface area contributed by atoms with Gasteiger partial charge in [0.2, 0.25) is 5.91 Å². The van der Waals surface area contributed by atoms with Crippen molar-refractivity contribution in [3.8, 4) is 0 Å². The molecule has 2 rings (SSSR count). The van der Waals surface area contributed by atoms with Gasteiger partial charge in [-0.2, -0.15) is 0 Å². The molecule has 0 saturated carbocycles. The number of urea groups is 1. The minimum absolute atomic E-state index is 0.0276. The van der Waals surface area contributed by atoms with E-state index in [9.17, 15) is 18.4 Å². The van der Waals surface area contributed by atoms with Gasteiger partial charge in [-0.15, -0.1) is 0 Å². The molecular weight excluding hydrogens is 292 g/mol. The first kappa shape index (κ1) is 15.4. The monoisotopic (exact) mass is 305 g/mol. The normalized spacial score (nSPS) is 9.91. The van der Waals surface area contributed by atoms with Crippen LogP contribution in [-0.4, -0.2) is 18.5 Å². The Kier molecular flexibility index (Phi) is 5.02. The molecule has 0 aliphatic rings. The lowest BCUT2D eigenvalue weighted by Crippen LogP contribution is -2.35. The first-order valence-corrected chi connectivity index (χ1v) is 6.39. The predicted octanol–water partition coefficient (Wildman–Crippen LogP) is 2.73. The molecule has 0 aromatic heterocycles. The summed E-state index contributed by atoms with van der Waals surface area (Å²) < 4.78 is 26.3. The van der Waals surface area contributed by atoms with Crippen LogP contribution in [0.3, 0.4) is 0 Å². The molecule has 0 fully saturated rings. The number of hydrogen-bond donors (Lipinski definition) is 3. The Hall–Kier alpha value is -2.96. The molecule has 114 valence electrons. The van der Waals surface area contributed by atoms with E-state index >= 15 is 0 Å². The fourth-order valence-electron chi connectivity index (χ4n) is 1.66. The second kappa shape index (κ2) is 7.16. The number of halogens is 2. The number of amides is 3. The predicted molar refractivity (Wildman–Crippen MR) is 78.5 cm³/mol. The van der Waals surface area contributed by atoms with Gasteiger partial charge in [-0.25, -0.2) is 13.6 Å². The van der Waals surface area contributed by atoms with Crippen LogP contribution in [0, 0.1) is 11.6 Å². The Balaban J connectivity index is 1.81. The first-order valence-electron chi connectivity index (χ1n) is 6.39. The van der Waals surface area contributed by atoms with E-state index in [-0.39, 0.29) is 17.9 Å². The van der Waals surface area contributed by atoms with Gasteiger partial charge in [0, 0.05) is 5.69 Å². The van der Waals surface area contributed by atoms with Crippen LogP contribution >= 0.6 is 0 Å². The molecule has 0 aliphatic carbocycles. The molecule has 0 unspecified atom stereocenters. The number of benzene rings is 2. The Bertz CT molecular complexity index is 692. The highest BCUT2D eigenvalue weighted by molar-refractivity contribution is 5.96. The average Bonchev–Trinajstić information content (AvgIpc) is 2.48. The number of carbonyl (C=O) groups is 2. The molecule has 3 amide bonds. The lowest BCUT2D eigenvalue weighted by molar-refractivity contribution is -0.115. The Labute approximate surface area is 125 Å². The van der Waals surface area contributed by atoms with Crippen LogP contribution in [-0.2, 0) is 4.79 Å². The molecule has 0 spiro atoms. The number of hydrogen-bond acceptors (Lipinski definition) is 2. The van der Waals surface area contributed by atoms with Crippen LogP contribution in [0.25, 0.3) is 0 Å². The van der Waals surface area contributed by atoms with Crippen molar-refractivity contribution in [2.45, 2.75) is 0 Å². The molecule has 0 radical (unpaired) electrons. The maximum atomic E-state index is 13.3. The molecule has 0 aliphatic heterocycles. The van der Waals surface area contributed by atoms with Crippen LogP contribution in [0.4, 0.5) is 25.0 Å². The largest absolute Gasteiger partial charge is 0.329 e. The summed E-state index contributed by atoms with van der Waals surface area (Å²) in [5.74, 6) is -1.64. The third kappa shape index (κ3) is 4.55. The third-order valence-corrected chi connectivity index (χ3v) is 2.64. The first-order chi connectivity index (χ1) is 10.5. The quantitative estimate of drug-likeness (QED) is 0.813. The standard InChI is InChI=1S/C15H13F2N3O2/c16-10-4-3-5-11(8-10)19-15(22)18-9-14(21)20-13-7-2-1-6-12(13)17/h1-8H,9H2,(H,20,21)(H2,18,19,22). The topological polar surface area (TPSA) is 70.2 Å². The van der Waals surface area contributed by atoms with Crippen molar-refractivity contribution < 1.29 is 18.4 Å². The van der Waals surface area contributed by atoms with Gasteiger partial charge in [0.25, 0.3) is 0 Å². The second-order valence-corrected chi connectivity index (χ2v) is 4.35. The molecule has 22 heavy (non-hydrogen) atoms. The zero-order valence-electron chi connectivity index (χ0n) is 11.4. The molecule has 7 heteroatoms. The van der Waals surface area contributed by atoms with Gasteiger partial charge in [-0.3, -0.25) is 4.79 Å². The minimum atomic E-state index is -0.672. The van der Waals surface area contributed by atoms with E-state index in [2.05, 4.69) is 16.0 Å². The number of carbonyl (C=O) groups excluding carboxylic acids is 2. The summed E-state index contributed by atoms with van der Waals surface area (Å²) >= 11 is 0. The van der Waals surface area contributed by atoms with Gasteiger partial charge in [0.15, 0.2) is 0 Å². The number of para-hydroxylation sites is 1. The Morgan fingerprint density at radius 2 is 1.73 bits per heavy atom. The van der Waals surface area contributed by atoms with Crippen LogP contribution in [0.2, 0.25) is 0 Å². The highest BCUT2D eigenvalue weighted by Crippen LogP contribution is 2.12. The highest BCUT2D eigenvalue weighted by atomic mass is 19.1. The second-order valence-electron chi connectivity index (χ2n) is 4.35. The molecule has 2 aromatic carbocycles. The Morgan fingerprint density at radius 1 is 0.955 bits per heavy atom. The van der Waals surface area contributed by atoms with Gasteiger partial charge >= 0.3 is 6.03 Å². The third-order valence-electron chi connectivity index (χ3n) is 2.64. The molecule has 5 nitrogen and oxygen atoms in total.